The average molecular weight is 382 g/mol. The van der Waals surface area contributed by atoms with Gasteiger partial charge in [-0.05, 0) is 51.3 Å². The first-order chi connectivity index (χ1) is 12.0. The van der Waals surface area contributed by atoms with Crippen LogP contribution in [0.2, 0.25) is 0 Å². The third-order valence-corrected chi connectivity index (χ3v) is 3.30. The summed E-state index contributed by atoms with van der Waals surface area (Å²) >= 11 is 10.2. The van der Waals surface area contributed by atoms with E-state index in [2.05, 4.69) is 36.7 Å². The van der Waals surface area contributed by atoms with Crippen LogP contribution in [0, 0.1) is 0 Å². The molecule has 0 bridgehead atoms. The lowest BCUT2D eigenvalue weighted by Gasteiger charge is -2.10. The van der Waals surface area contributed by atoms with E-state index in [1.165, 1.54) is 0 Å². The molecule has 1 aromatic rings. The van der Waals surface area contributed by atoms with Gasteiger partial charge in [0.2, 0.25) is 5.88 Å². The topological polar surface area (TPSA) is 95.0 Å². The van der Waals surface area contributed by atoms with Crippen molar-refractivity contribution < 1.29 is 4.74 Å². The largest absolute Gasteiger partial charge is 0.481 e. The smallest absolute Gasteiger partial charge is 0.212 e. The van der Waals surface area contributed by atoms with Gasteiger partial charge in [-0.1, -0.05) is 0 Å². The number of hydrazone groups is 2. The van der Waals surface area contributed by atoms with E-state index in [4.69, 9.17) is 29.2 Å². The van der Waals surface area contributed by atoms with Gasteiger partial charge in [0.25, 0.3) is 0 Å². The summed E-state index contributed by atoms with van der Waals surface area (Å²) in [5, 5.41) is 15.4. The van der Waals surface area contributed by atoms with Crippen LogP contribution in [0.4, 0.5) is 0 Å². The Bertz CT molecular complexity index is 644. The van der Waals surface area contributed by atoms with Crippen molar-refractivity contribution in [3.8, 4) is 5.88 Å². The molecule has 0 aromatic carbocycles. The fourth-order valence-corrected chi connectivity index (χ4v) is 2.07. The Morgan fingerprint density at radius 2 is 1.68 bits per heavy atom. The van der Waals surface area contributed by atoms with Crippen LogP contribution in [0.5, 0.6) is 5.88 Å². The van der Waals surface area contributed by atoms with Crippen molar-refractivity contribution in [3.63, 3.8) is 0 Å². The molecule has 0 atom stereocenters. The number of pyridine rings is 1. The van der Waals surface area contributed by atoms with Crippen molar-refractivity contribution >= 4 is 46.1 Å². The second-order valence-electron chi connectivity index (χ2n) is 4.69. The molecule has 0 saturated heterocycles. The highest BCUT2D eigenvalue weighted by Gasteiger charge is 2.10. The zero-order valence-corrected chi connectivity index (χ0v) is 16.3. The predicted octanol–water partition coefficient (Wildman–Crippen LogP) is 1.14. The maximum atomic E-state index is 5.14. The van der Waals surface area contributed by atoms with Gasteiger partial charge in [-0.25, -0.2) is 4.98 Å². The molecule has 4 N–H and O–H groups in total. The number of nitrogens with zero attached hydrogens (tertiary/aromatic N) is 3. The van der Waals surface area contributed by atoms with Gasteiger partial charge in [-0.3, -0.25) is 10.9 Å². The van der Waals surface area contributed by atoms with Crippen LogP contribution in [-0.2, 0) is 0 Å². The molecule has 0 aliphatic carbocycles. The number of rotatable bonds is 7. The zero-order chi connectivity index (χ0) is 18.7. The van der Waals surface area contributed by atoms with Gasteiger partial charge in [0, 0.05) is 30.9 Å². The lowest BCUT2D eigenvalue weighted by atomic mass is 10.1. The number of aromatic nitrogens is 1. The van der Waals surface area contributed by atoms with Gasteiger partial charge in [-0.15, -0.1) is 0 Å². The second kappa shape index (κ2) is 11.3. The quantitative estimate of drug-likeness (QED) is 0.317. The summed E-state index contributed by atoms with van der Waals surface area (Å²) in [5.74, 6) is 0.514. The van der Waals surface area contributed by atoms with E-state index in [9.17, 15) is 0 Å². The van der Waals surface area contributed by atoms with E-state index < -0.39 is 0 Å². The third kappa shape index (κ3) is 7.40. The summed E-state index contributed by atoms with van der Waals surface area (Å²) in [6.07, 6.45) is 1.65. The van der Waals surface area contributed by atoms with Crippen LogP contribution in [-0.4, -0.2) is 46.8 Å². The lowest BCUT2D eigenvalue weighted by Crippen LogP contribution is -2.34. The molecular weight excluding hydrogens is 358 g/mol. The molecule has 0 aliphatic heterocycles. The maximum Gasteiger partial charge on any atom is 0.212 e. The van der Waals surface area contributed by atoms with Crippen molar-refractivity contribution in [2.45, 2.75) is 20.8 Å². The van der Waals surface area contributed by atoms with Crippen LogP contribution in [0.3, 0.4) is 0 Å². The molecule has 0 amide bonds. The van der Waals surface area contributed by atoms with Crippen molar-refractivity contribution in [2.24, 2.45) is 10.2 Å². The number of hydrogen-bond donors (Lipinski definition) is 4. The van der Waals surface area contributed by atoms with E-state index in [-0.39, 0.29) is 0 Å². The zero-order valence-electron chi connectivity index (χ0n) is 14.7. The summed E-state index contributed by atoms with van der Waals surface area (Å²) in [6.45, 7) is 7.12. The monoisotopic (exact) mass is 381 g/mol. The van der Waals surface area contributed by atoms with Crippen LogP contribution in [0.25, 0.3) is 0 Å². The van der Waals surface area contributed by atoms with Crippen molar-refractivity contribution in [2.75, 3.05) is 20.2 Å². The molecule has 0 radical (unpaired) electrons. The molecule has 1 aromatic heterocycles. The molecule has 0 saturated carbocycles. The predicted molar refractivity (Wildman–Crippen MR) is 109 cm³/mol. The Morgan fingerprint density at radius 1 is 1.08 bits per heavy atom. The summed E-state index contributed by atoms with van der Waals surface area (Å²) in [6, 6.07) is 3.59. The molecule has 0 fully saturated rings. The van der Waals surface area contributed by atoms with Crippen molar-refractivity contribution in [3.05, 3.63) is 23.9 Å². The first kappa shape index (κ1) is 20.7. The summed E-state index contributed by atoms with van der Waals surface area (Å²) in [5.41, 5.74) is 7.51. The normalized spacial score (nSPS) is 11.5. The molecular formula is C15H23N7OS2. The number of hydrogen-bond acceptors (Lipinski definition) is 6. The van der Waals surface area contributed by atoms with Gasteiger partial charge >= 0.3 is 0 Å². The minimum absolute atomic E-state index is 0.422. The minimum Gasteiger partial charge on any atom is -0.481 e. The molecule has 0 aliphatic rings. The van der Waals surface area contributed by atoms with E-state index in [1.54, 1.807) is 19.4 Å². The molecule has 1 heterocycles. The van der Waals surface area contributed by atoms with E-state index in [0.717, 1.165) is 5.56 Å². The van der Waals surface area contributed by atoms with Crippen molar-refractivity contribution in [1.29, 1.82) is 0 Å². The van der Waals surface area contributed by atoms with E-state index in [0.29, 0.717) is 40.6 Å². The Morgan fingerprint density at radius 3 is 2.16 bits per heavy atom. The first-order valence-electron chi connectivity index (χ1n) is 7.72. The van der Waals surface area contributed by atoms with Crippen molar-refractivity contribution in [1.82, 2.24) is 26.5 Å². The van der Waals surface area contributed by atoms with E-state index in [1.807, 2.05) is 26.8 Å². The molecule has 25 heavy (non-hydrogen) atoms. The number of nitrogens with one attached hydrogen (secondary N) is 4. The van der Waals surface area contributed by atoms with E-state index >= 15 is 0 Å². The highest BCUT2D eigenvalue weighted by atomic mass is 32.1. The van der Waals surface area contributed by atoms with Gasteiger partial charge < -0.3 is 15.4 Å². The summed E-state index contributed by atoms with van der Waals surface area (Å²) in [4.78, 5) is 4.20. The van der Waals surface area contributed by atoms with Crippen LogP contribution in [0.15, 0.2) is 28.5 Å². The Balaban J connectivity index is 3.04. The molecule has 8 nitrogen and oxygen atoms in total. The number of thiocarbonyl (C=S) groups is 2. The molecule has 0 spiro atoms. The highest BCUT2D eigenvalue weighted by Crippen LogP contribution is 2.08. The highest BCUT2D eigenvalue weighted by molar-refractivity contribution is 7.80. The fraction of sp³-hybridized carbons (Fsp3) is 0.400. The van der Waals surface area contributed by atoms with Gasteiger partial charge in [-0.2, -0.15) is 10.2 Å². The summed E-state index contributed by atoms with van der Waals surface area (Å²) < 4.78 is 5.08. The average Bonchev–Trinajstić information content (AvgIpc) is 2.61. The molecule has 10 heteroatoms. The molecule has 0 unspecified atom stereocenters. The standard InChI is InChI=1S/C15H23N7OS2/c1-5-16-14(24)21-19-10(3)13(20-22-15(25)17-6-2)11-7-8-12(23-4)18-9-11/h7-9H,5-6H2,1-4H3,(H2,16,21,24)(H2,17,22,25)/b19-10+,20-13-. The maximum absolute atomic E-state index is 5.14. The van der Waals surface area contributed by atoms with Crippen LogP contribution < -0.4 is 26.2 Å². The summed E-state index contributed by atoms with van der Waals surface area (Å²) in [7, 11) is 1.56. The third-order valence-electron chi connectivity index (χ3n) is 2.83. The van der Waals surface area contributed by atoms with Gasteiger partial charge in [0.05, 0.1) is 12.8 Å². The van der Waals surface area contributed by atoms with Gasteiger partial charge in [0.15, 0.2) is 10.2 Å². The molecule has 136 valence electrons. The number of methoxy groups -OCH3 is 1. The SMILES string of the molecule is CCNC(=S)N/N=C(C)/C(=N/NC(=S)NCC)c1ccc(OC)nc1. The lowest BCUT2D eigenvalue weighted by molar-refractivity contribution is 0.398. The van der Waals surface area contributed by atoms with Gasteiger partial charge in [0.1, 0.15) is 5.71 Å². The Labute approximate surface area is 158 Å². The Hall–Kier alpha value is -2.33. The van der Waals surface area contributed by atoms with Crippen LogP contribution in [0.1, 0.15) is 26.3 Å². The Kier molecular flexibility index (Phi) is 9.33. The molecule has 1 rings (SSSR count). The van der Waals surface area contributed by atoms with Crippen LogP contribution >= 0.6 is 24.4 Å². The first-order valence-corrected chi connectivity index (χ1v) is 8.53. The number of ether oxygens (including phenoxy) is 1. The second-order valence-corrected chi connectivity index (χ2v) is 5.51. The minimum atomic E-state index is 0.422. The fourth-order valence-electron chi connectivity index (χ4n) is 1.69.